The van der Waals surface area contributed by atoms with Crippen LogP contribution >= 0.6 is 0 Å². The Hall–Kier alpha value is -3.04. The van der Waals surface area contributed by atoms with Crippen LogP contribution in [0.4, 0.5) is 0 Å². The maximum atomic E-state index is 12.6. The first-order valence-corrected chi connectivity index (χ1v) is 12.1. The summed E-state index contributed by atoms with van der Waals surface area (Å²) in [4.78, 5) is 16.9. The van der Waals surface area contributed by atoms with Crippen LogP contribution < -0.4 is 5.32 Å². The van der Waals surface area contributed by atoms with Crippen molar-refractivity contribution in [2.24, 2.45) is 0 Å². The van der Waals surface area contributed by atoms with Gasteiger partial charge < -0.3 is 5.32 Å². The van der Waals surface area contributed by atoms with Crippen molar-refractivity contribution in [1.82, 2.24) is 24.4 Å². The van der Waals surface area contributed by atoms with Crippen LogP contribution in [0.1, 0.15) is 47.8 Å². The Balaban J connectivity index is 1.49. The molecular weight excluding hydrogens is 426 g/mol. The van der Waals surface area contributed by atoms with Crippen LogP contribution in [0.3, 0.4) is 0 Å². The lowest BCUT2D eigenvalue weighted by Crippen LogP contribution is -2.24. The van der Waals surface area contributed by atoms with Crippen molar-refractivity contribution in [3.63, 3.8) is 0 Å². The van der Waals surface area contributed by atoms with Gasteiger partial charge in [0.15, 0.2) is 0 Å². The molecule has 2 heterocycles. The topological polar surface area (TPSA) is 97.2 Å². The molecule has 8 nitrogen and oxygen atoms in total. The first-order chi connectivity index (χ1) is 15.4. The minimum absolute atomic E-state index is 0.149. The quantitative estimate of drug-likeness (QED) is 0.592. The largest absolute Gasteiger partial charge is 0.346 e. The Morgan fingerprint density at radius 1 is 1.09 bits per heavy atom. The van der Waals surface area contributed by atoms with E-state index >= 15 is 0 Å². The number of benzene rings is 1. The molecule has 1 aliphatic rings. The summed E-state index contributed by atoms with van der Waals surface area (Å²) in [6.45, 7) is 0.286. The fourth-order valence-electron chi connectivity index (χ4n) is 3.96. The van der Waals surface area contributed by atoms with E-state index < -0.39 is 10.0 Å². The van der Waals surface area contributed by atoms with E-state index in [1.165, 1.54) is 51.2 Å². The molecular formula is C23H27N5O3S. The van der Waals surface area contributed by atoms with Gasteiger partial charge in [-0.1, -0.05) is 12.8 Å². The number of nitrogens with one attached hydrogen (secondary N) is 1. The molecule has 0 aliphatic heterocycles. The number of pyridine rings is 1. The van der Waals surface area contributed by atoms with E-state index in [0.717, 1.165) is 34.1 Å². The highest BCUT2D eigenvalue weighted by Crippen LogP contribution is 2.33. The Bertz CT molecular complexity index is 1180. The molecule has 4 rings (SSSR count). The molecule has 1 aliphatic carbocycles. The third kappa shape index (κ3) is 4.58. The van der Waals surface area contributed by atoms with Crippen molar-refractivity contribution < 1.29 is 13.2 Å². The molecule has 9 heteroatoms. The van der Waals surface area contributed by atoms with Crippen molar-refractivity contribution in [3.05, 3.63) is 66.1 Å². The van der Waals surface area contributed by atoms with Gasteiger partial charge in [0.2, 0.25) is 10.0 Å². The zero-order chi connectivity index (χ0) is 22.7. The van der Waals surface area contributed by atoms with Gasteiger partial charge in [-0.05, 0) is 55.3 Å². The van der Waals surface area contributed by atoms with Crippen LogP contribution in [0.5, 0.6) is 0 Å². The van der Waals surface area contributed by atoms with E-state index in [4.69, 9.17) is 5.10 Å². The summed E-state index contributed by atoms with van der Waals surface area (Å²) in [7, 11) is -0.581. The monoisotopic (exact) mass is 453 g/mol. The standard InChI is InChI=1S/C23H27N5O3S/c1-27(2)32(30,31)21-9-7-18(8-10-21)23(29)25-16-19-15-22(17-11-13-24-14-12-17)28(26-19)20-5-3-4-6-20/h7-15,20H,3-6,16H2,1-2H3,(H,25,29). The van der Waals surface area contributed by atoms with Gasteiger partial charge in [0.1, 0.15) is 0 Å². The molecule has 1 saturated carbocycles. The smallest absolute Gasteiger partial charge is 0.251 e. The Kier molecular flexibility index (Phi) is 6.38. The maximum absolute atomic E-state index is 12.6. The number of amides is 1. The predicted molar refractivity (Wildman–Crippen MR) is 121 cm³/mol. The Morgan fingerprint density at radius 2 is 1.75 bits per heavy atom. The van der Waals surface area contributed by atoms with Gasteiger partial charge in [-0.15, -0.1) is 0 Å². The van der Waals surface area contributed by atoms with Crippen LogP contribution in [-0.2, 0) is 16.6 Å². The van der Waals surface area contributed by atoms with Gasteiger partial charge in [-0.2, -0.15) is 5.10 Å². The summed E-state index contributed by atoms with van der Waals surface area (Å²) < 4.78 is 27.6. The molecule has 168 valence electrons. The van der Waals surface area contributed by atoms with Gasteiger partial charge in [-0.25, -0.2) is 12.7 Å². The zero-order valence-corrected chi connectivity index (χ0v) is 19.0. The van der Waals surface area contributed by atoms with Crippen LogP contribution in [0.15, 0.2) is 59.8 Å². The molecule has 0 bridgehead atoms. The summed E-state index contributed by atoms with van der Waals surface area (Å²) in [5.41, 5.74) is 3.26. The SMILES string of the molecule is CN(C)S(=O)(=O)c1ccc(C(=O)NCc2cc(-c3ccncc3)n(C3CCCC3)n2)cc1. The first-order valence-electron chi connectivity index (χ1n) is 10.7. The highest BCUT2D eigenvalue weighted by Gasteiger charge is 2.22. The molecule has 2 aromatic heterocycles. The van der Waals surface area contributed by atoms with E-state index in [2.05, 4.69) is 15.0 Å². The normalized spacial score (nSPS) is 14.7. The molecule has 0 spiro atoms. The second kappa shape index (κ2) is 9.22. The van der Waals surface area contributed by atoms with Crippen LogP contribution in [-0.4, -0.2) is 47.5 Å². The van der Waals surface area contributed by atoms with Gasteiger partial charge in [0.25, 0.3) is 5.91 Å². The fourth-order valence-corrected chi connectivity index (χ4v) is 4.86. The van der Waals surface area contributed by atoms with Gasteiger partial charge in [0.05, 0.1) is 28.9 Å². The average molecular weight is 454 g/mol. The molecule has 1 N–H and O–H groups in total. The third-order valence-corrected chi connectivity index (χ3v) is 7.59. The lowest BCUT2D eigenvalue weighted by atomic mass is 10.1. The number of nitrogens with zero attached hydrogens (tertiary/aromatic N) is 4. The number of carbonyl (C=O) groups excluding carboxylic acids is 1. The Labute approximate surface area is 188 Å². The van der Waals surface area contributed by atoms with E-state index in [1.54, 1.807) is 12.4 Å². The summed E-state index contributed by atoms with van der Waals surface area (Å²) in [6.07, 6.45) is 8.14. The van der Waals surface area contributed by atoms with E-state index in [9.17, 15) is 13.2 Å². The number of aromatic nitrogens is 3. The van der Waals surface area contributed by atoms with Gasteiger partial charge >= 0.3 is 0 Å². The van der Waals surface area contributed by atoms with E-state index in [0.29, 0.717) is 11.6 Å². The number of rotatable bonds is 7. The number of sulfonamides is 1. The molecule has 3 aromatic rings. The number of hydrogen-bond acceptors (Lipinski definition) is 5. The lowest BCUT2D eigenvalue weighted by molar-refractivity contribution is 0.0950. The molecule has 1 aromatic carbocycles. The first kappa shape index (κ1) is 22.2. The Morgan fingerprint density at radius 3 is 2.38 bits per heavy atom. The van der Waals surface area contributed by atoms with E-state index in [-0.39, 0.29) is 17.3 Å². The molecule has 0 atom stereocenters. The van der Waals surface area contributed by atoms with Crippen molar-refractivity contribution in [1.29, 1.82) is 0 Å². The van der Waals surface area contributed by atoms with Crippen molar-refractivity contribution in [2.75, 3.05) is 14.1 Å². The van der Waals surface area contributed by atoms with Crippen molar-refractivity contribution >= 4 is 15.9 Å². The highest BCUT2D eigenvalue weighted by atomic mass is 32.2. The molecule has 32 heavy (non-hydrogen) atoms. The van der Waals surface area contributed by atoms with Crippen molar-refractivity contribution in [2.45, 2.75) is 43.2 Å². The van der Waals surface area contributed by atoms with Crippen molar-refractivity contribution in [3.8, 4) is 11.3 Å². The lowest BCUT2D eigenvalue weighted by Gasteiger charge is -2.14. The minimum atomic E-state index is -3.53. The third-order valence-electron chi connectivity index (χ3n) is 5.76. The molecule has 1 amide bonds. The maximum Gasteiger partial charge on any atom is 0.251 e. The minimum Gasteiger partial charge on any atom is -0.346 e. The van der Waals surface area contributed by atoms with E-state index in [1.807, 2.05) is 18.2 Å². The zero-order valence-electron chi connectivity index (χ0n) is 18.2. The van der Waals surface area contributed by atoms with Gasteiger partial charge in [0, 0.05) is 37.6 Å². The summed E-state index contributed by atoms with van der Waals surface area (Å²) in [5.74, 6) is -0.278. The van der Waals surface area contributed by atoms with Crippen LogP contribution in [0, 0.1) is 0 Å². The molecule has 0 saturated heterocycles. The molecule has 0 unspecified atom stereocenters. The second-order valence-electron chi connectivity index (χ2n) is 8.13. The number of hydrogen-bond donors (Lipinski definition) is 1. The second-order valence-corrected chi connectivity index (χ2v) is 10.3. The molecule has 1 fully saturated rings. The molecule has 0 radical (unpaired) electrons. The average Bonchev–Trinajstić information content (AvgIpc) is 3.48. The van der Waals surface area contributed by atoms with Gasteiger partial charge in [-0.3, -0.25) is 14.5 Å². The fraction of sp³-hybridized carbons (Fsp3) is 0.348. The summed E-state index contributed by atoms with van der Waals surface area (Å²) in [6, 6.07) is 12.2. The predicted octanol–water partition coefficient (Wildman–Crippen LogP) is 3.24. The summed E-state index contributed by atoms with van der Waals surface area (Å²) >= 11 is 0. The highest BCUT2D eigenvalue weighted by molar-refractivity contribution is 7.89. The number of carbonyl (C=O) groups is 1. The van der Waals surface area contributed by atoms with Crippen LogP contribution in [0.2, 0.25) is 0 Å². The summed E-state index contributed by atoms with van der Waals surface area (Å²) in [5, 5.41) is 7.69. The van der Waals surface area contributed by atoms with Crippen LogP contribution in [0.25, 0.3) is 11.3 Å².